The second-order valence-electron chi connectivity index (χ2n) is 6.70. The predicted octanol–water partition coefficient (Wildman–Crippen LogP) is 1.42. The fourth-order valence-corrected chi connectivity index (χ4v) is 3.48. The summed E-state index contributed by atoms with van der Waals surface area (Å²) in [6.07, 6.45) is 5.13. The van der Waals surface area contributed by atoms with Crippen LogP contribution in [-0.2, 0) is 4.74 Å². The molecule has 3 atom stereocenters. The van der Waals surface area contributed by atoms with Crippen LogP contribution in [0.3, 0.4) is 0 Å². The summed E-state index contributed by atoms with van der Waals surface area (Å²) in [4.78, 5) is 5.05. The van der Waals surface area contributed by atoms with E-state index in [1.807, 2.05) is 0 Å². The summed E-state index contributed by atoms with van der Waals surface area (Å²) in [6, 6.07) is 1.34. The average Bonchev–Trinajstić information content (AvgIpc) is 2.97. The first-order valence-corrected chi connectivity index (χ1v) is 8.40. The van der Waals surface area contributed by atoms with Crippen molar-refractivity contribution in [2.45, 2.75) is 44.7 Å². The third-order valence-corrected chi connectivity index (χ3v) is 4.86. The predicted molar refractivity (Wildman–Crippen MR) is 84.2 cm³/mol. The molecular weight excluding hydrogens is 250 g/mol. The lowest BCUT2D eigenvalue weighted by Crippen LogP contribution is -2.52. The molecule has 0 amide bonds. The molecule has 0 aliphatic carbocycles. The standard InChI is InChI=1S/C16H33N3O/c1-4-8-17-16(14-7-10-20-13-14)12-19-9-5-6-15(11-19)18(2)3/h14-17H,4-13H2,1-3H3. The molecule has 4 heteroatoms. The minimum atomic E-state index is 0.610. The van der Waals surface area contributed by atoms with Crippen molar-refractivity contribution in [3.05, 3.63) is 0 Å². The van der Waals surface area contributed by atoms with Crippen LogP contribution in [0.5, 0.6) is 0 Å². The zero-order chi connectivity index (χ0) is 14.4. The van der Waals surface area contributed by atoms with Crippen molar-refractivity contribution in [2.24, 2.45) is 5.92 Å². The topological polar surface area (TPSA) is 27.7 Å². The molecule has 2 saturated heterocycles. The van der Waals surface area contributed by atoms with Crippen LogP contribution in [-0.4, -0.2) is 75.4 Å². The Hall–Kier alpha value is -0.160. The van der Waals surface area contributed by atoms with Gasteiger partial charge in [-0.2, -0.15) is 0 Å². The highest BCUT2D eigenvalue weighted by molar-refractivity contribution is 4.86. The number of rotatable bonds is 7. The van der Waals surface area contributed by atoms with Gasteiger partial charge in [-0.05, 0) is 52.9 Å². The monoisotopic (exact) mass is 283 g/mol. The Morgan fingerprint density at radius 2 is 2.20 bits per heavy atom. The molecular formula is C16H33N3O. The number of likely N-dealkylation sites (tertiary alicyclic amines) is 1. The van der Waals surface area contributed by atoms with E-state index >= 15 is 0 Å². The Kier molecular flexibility index (Phi) is 6.75. The van der Waals surface area contributed by atoms with Crippen LogP contribution in [0.1, 0.15) is 32.6 Å². The van der Waals surface area contributed by atoms with Gasteiger partial charge in [-0.15, -0.1) is 0 Å². The lowest BCUT2D eigenvalue weighted by atomic mass is 9.96. The van der Waals surface area contributed by atoms with Gasteiger partial charge in [0, 0.05) is 37.7 Å². The first-order chi connectivity index (χ1) is 9.70. The molecule has 2 fully saturated rings. The number of nitrogens with one attached hydrogen (secondary N) is 1. The molecule has 4 nitrogen and oxygen atoms in total. The van der Waals surface area contributed by atoms with Crippen LogP contribution in [0.15, 0.2) is 0 Å². The maximum absolute atomic E-state index is 5.60. The van der Waals surface area contributed by atoms with Gasteiger partial charge in [0.1, 0.15) is 0 Å². The quantitative estimate of drug-likeness (QED) is 0.765. The molecule has 3 unspecified atom stereocenters. The van der Waals surface area contributed by atoms with Crippen molar-refractivity contribution < 1.29 is 4.74 Å². The summed E-state index contributed by atoms with van der Waals surface area (Å²) < 4.78 is 5.60. The molecule has 2 aliphatic heterocycles. The summed E-state index contributed by atoms with van der Waals surface area (Å²) in [7, 11) is 4.43. The van der Waals surface area contributed by atoms with Gasteiger partial charge < -0.3 is 19.9 Å². The van der Waals surface area contributed by atoms with E-state index in [2.05, 4.69) is 36.1 Å². The highest BCUT2D eigenvalue weighted by Crippen LogP contribution is 2.20. The van der Waals surface area contributed by atoms with E-state index in [4.69, 9.17) is 4.74 Å². The zero-order valence-electron chi connectivity index (χ0n) is 13.6. The van der Waals surface area contributed by atoms with Crippen LogP contribution in [0.4, 0.5) is 0 Å². The lowest BCUT2D eigenvalue weighted by molar-refractivity contribution is 0.109. The summed E-state index contributed by atoms with van der Waals surface area (Å²) in [5, 5.41) is 3.77. The number of nitrogens with zero attached hydrogens (tertiary/aromatic N) is 2. The van der Waals surface area contributed by atoms with E-state index < -0.39 is 0 Å². The van der Waals surface area contributed by atoms with E-state index in [9.17, 15) is 0 Å². The Bertz CT molecular complexity index is 266. The Morgan fingerprint density at radius 3 is 2.85 bits per heavy atom. The molecule has 2 heterocycles. The van der Waals surface area contributed by atoms with E-state index in [0.717, 1.165) is 25.8 Å². The van der Waals surface area contributed by atoms with Gasteiger partial charge in [-0.1, -0.05) is 6.92 Å². The van der Waals surface area contributed by atoms with Crippen molar-refractivity contribution in [3.63, 3.8) is 0 Å². The van der Waals surface area contributed by atoms with Crippen molar-refractivity contribution in [1.29, 1.82) is 0 Å². The number of likely N-dealkylation sites (N-methyl/N-ethyl adjacent to an activating group) is 1. The zero-order valence-corrected chi connectivity index (χ0v) is 13.6. The van der Waals surface area contributed by atoms with E-state index in [-0.39, 0.29) is 0 Å². The van der Waals surface area contributed by atoms with E-state index in [1.54, 1.807) is 0 Å². The van der Waals surface area contributed by atoms with Gasteiger partial charge in [0.05, 0.1) is 6.61 Å². The van der Waals surface area contributed by atoms with Crippen LogP contribution >= 0.6 is 0 Å². The molecule has 2 aliphatic rings. The minimum Gasteiger partial charge on any atom is -0.381 e. The fourth-order valence-electron chi connectivity index (χ4n) is 3.48. The molecule has 0 bridgehead atoms. The largest absolute Gasteiger partial charge is 0.381 e. The van der Waals surface area contributed by atoms with Crippen LogP contribution in [0.2, 0.25) is 0 Å². The van der Waals surface area contributed by atoms with Gasteiger partial charge in [-0.3, -0.25) is 0 Å². The molecule has 0 saturated carbocycles. The molecule has 0 aromatic carbocycles. The highest BCUT2D eigenvalue weighted by atomic mass is 16.5. The normalized spacial score (nSPS) is 30.0. The molecule has 118 valence electrons. The Morgan fingerprint density at radius 1 is 1.35 bits per heavy atom. The third kappa shape index (κ3) is 4.69. The number of piperidine rings is 1. The van der Waals surface area contributed by atoms with E-state index in [0.29, 0.717) is 12.0 Å². The van der Waals surface area contributed by atoms with Crippen molar-refractivity contribution >= 4 is 0 Å². The minimum absolute atomic E-state index is 0.610. The summed E-state index contributed by atoms with van der Waals surface area (Å²) in [6.45, 7) is 8.97. The number of hydrogen-bond acceptors (Lipinski definition) is 4. The van der Waals surface area contributed by atoms with Gasteiger partial charge in [0.2, 0.25) is 0 Å². The molecule has 20 heavy (non-hydrogen) atoms. The van der Waals surface area contributed by atoms with Crippen LogP contribution in [0, 0.1) is 5.92 Å². The van der Waals surface area contributed by atoms with Crippen LogP contribution < -0.4 is 5.32 Å². The van der Waals surface area contributed by atoms with Crippen LogP contribution in [0.25, 0.3) is 0 Å². The first kappa shape index (κ1) is 16.2. The smallest absolute Gasteiger partial charge is 0.0510 e. The number of ether oxygens (including phenoxy) is 1. The third-order valence-electron chi connectivity index (χ3n) is 4.86. The summed E-state index contributed by atoms with van der Waals surface area (Å²) in [5.74, 6) is 0.710. The average molecular weight is 283 g/mol. The SMILES string of the molecule is CCCNC(CN1CCCC(N(C)C)C1)C1CCOC1. The maximum Gasteiger partial charge on any atom is 0.0510 e. The lowest BCUT2D eigenvalue weighted by Gasteiger charge is -2.39. The Labute approximate surface area is 124 Å². The van der Waals surface area contributed by atoms with Gasteiger partial charge in [0.15, 0.2) is 0 Å². The molecule has 2 rings (SSSR count). The second kappa shape index (κ2) is 8.32. The molecule has 0 radical (unpaired) electrons. The van der Waals surface area contributed by atoms with Gasteiger partial charge >= 0.3 is 0 Å². The number of hydrogen-bond donors (Lipinski definition) is 1. The molecule has 0 aromatic rings. The molecule has 1 N–H and O–H groups in total. The maximum atomic E-state index is 5.60. The van der Waals surface area contributed by atoms with Crippen molar-refractivity contribution in [1.82, 2.24) is 15.1 Å². The van der Waals surface area contributed by atoms with Gasteiger partial charge in [-0.25, -0.2) is 0 Å². The van der Waals surface area contributed by atoms with Gasteiger partial charge in [0.25, 0.3) is 0 Å². The molecule has 0 aromatic heterocycles. The Balaban J connectivity index is 1.85. The fraction of sp³-hybridized carbons (Fsp3) is 1.00. The first-order valence-electron chi connectivity index (χ1n) is 8.40. The van der Waals surface area contributed by atoms with E-state index in [1.165, 1.54) is 45.3 Å². The van der Waals surface area contributed by atoms with Crippen molar-refractivity contribution in [2.75, 3.05) is 53.5 Å². The second-order valence-corrected chi connectivity index (χ2v) is 6.70. The molecule has 0 spiro atoms. The highest BCUT2D eigenvalue weighted by Gasteiger charge is 2.29. The summed E-state index contributed by atoms with van der Waals surface area (Å²) >= 11 is 0. The van der Waals surface area contributed by atoms with Crippen molar-refractivity contribution in [3.8, 4) is 0 Å². The summed E-state index contributed by atoms with van der Waals surface area (Å²) in [5.41, 5.74) is 0.